The van der Waals surface area contributed by atoms with Gasteiger partial charge in [-0.2, -0.15) is 0 Å². The molecule has 140 valence electrons. The van der Waals surface area contributed by atoms with Crippen LogP contribution < -0.4 is 11.3 Å². The van der Waals surface area contributed by atoms with Crippen molar-refractivity contribution in [3.05, 3.63) is 82.0 Å². The Hall–Kier alpha value is -3.38. The third-order valence-electron chi connectivity index (χ3n) is 4.44. The molecule has 0 amide bonds. The Bertz CT molecular complexity index is 1230. The maximum Gasteiger partial charge on any atom is 0.349 e. The molecule has 0 atom stereocenters. The summed E-state index contributed by atoms with van der Waals surface area (Å²) in [5, 5.41) is 0.808. The maximum absolute atomic E-state index is 12.7. The van der Waals surface area contributed by atoms with Gasteiger partial charge < -0.3 is 10.5 Å². The number of aromatic nitrogens is 1. The SMILES string of the molecule is CCOC(=O)c1sc2c(ccc(=O)n2-c2ccccc2N)c1-c1ccccc1. The van der Waals surface area contributed by atoms with Crippen LogP contribution in [0.15, 0.2) is 71.5 Å². The number of anilines is 1. The maximum atomic E-state index is 12.7. The highest BCUT2D eigenvalue weighted by atomic mass is 32.1. The van der Waals surface area contributed by atoms with Crippen LogP contribution in [0.1, 0.15) is 16.6 Å². The van der Waals surface area contributed by atoms with Gasteiger partial charge in [-0.15, -0.1) is 11.3 Å². The Morgan fingerprint density at radius 2 is 1.75 bits per heavy atom. The number of carbonyl (C=O) groups is 1. The monoisotopic (exact) mass is 390 g/mol. The Labute approximate surface area is 165 Å². The first-order valence-corrected chi connectivity index (χ1v) is 9.69. The van der Waals surface area contributed by atoms with Gasteiger partial charge in [-0.25, -0.2) is 4.79 Å². The lowest BCUT2D eigenvalue weighted by molar-refractivity contribution is 0.0533. The van der Waals surface area contributed by atoms with E-state index in [4.69, 9.17) is 10.5 Å². The molecule has 5 nitrogen and oxygen atoms in total. The normalized spacial score (nSPS) is 10.9. The van der Waals surface area contributed by atoms with Crippen molar-refractivity contribution in [2.75, 3.05) is 12.3 Å². The van der Waals surface area contributed by atoms with Gasteiger partial charge in [0.05, 0.1) is 18.0 Å². The largest absolute Gasteiger partial charge is 0.462 e. The molecule has 28 heavy (non-hydrogen) atoms. The Morgan fingerprint density at radius 3 is 2.46 bits per heavy atom. The van der Waals surface area contributed by atoms with E-state index in [2.05, 4.69) is 0 Å². The van der Waals surface area contributed by atoms with E-state index in [-0.39, 0.29) is 12.2 Å². The molecule has 0 saturated carbocycles. The number of ether oxygens (including phenoxy) is 1. The molecule has 2 aromatic carbocycles. The average molecular weight is 390 g/mol. The van der Waals surface area contributed by atoms with Gasteiger partial charge in [-0.3, -0.25) is 9.36 Å². The number of carbonyl (C=O) groups excluding carboxylic acids is 1. The van der Waals surface area contributed by atoms with E-state index in [1.165, 1.54) is 17.4 Å². The number of pyridine rings is 1. The van der Waals surface area contributed by atoms with Crippen molar-refractivity contribution in [3.63, 3.8) is 0 Å². The Balaban J connectivity index is 2.10. The summed E-state index contributed by atoms with van der Waals surface area (Å²) >= 11 is 1.24. The van der Waals surface area contributed by atoms with Crippen LogP contribution >= 0.6 is 11.3 Å². The predicted molar refractivity (Wildman–Crippen MR) is 113 cm³/mol. The zero-order valence-electron chi connectivity index (χ0n) is 15.2. The smallest absolute Gasteiger partial charge is 0.349 e. The fourth-order valence-corrected chi connectivity index (χ4v) is 4.46. The lowest BCUT2D eigenvalue weighted by Gasteiger charge is -2.10. The van der Waals surface area contributed by atoms with Gasteiger partial charge in [-0.05, 0) is 30.7 Å². The number of nitrogens with zero attached hydrogens (tertiary/aromatic N) is 1. The number of nitrogens with two attached hydrogens (primary N) is 1. The van der Waals surface area contributed by atoms with Crippen molar-refractivity contribution in [1.29, 1.82) is 0 Å². The van der Waals surface area contributed by atoms with E-state index in [9.17, 15) is 9.59 Å². The average Bonchev–Trinajstić information content (AvgIpc) is 3.09. The van der Waals surface area contributed by atoms with Gasteiger partial charge >= 0.3 is 5.97 Å². The molecule has 4 rings (SSSR count). The third-order valence-corrected chi connectivity index (χ3v) is 5.61. The minimum absolute atomic E-state index is 0.207. The standard InChI is InChI=1S/C22H18N2O3S/c1-2-27-22(26)20-19(14-8-4-3-5-9-14)15-12-13-18(25)24(21(15)28-20)17-11-7-6-10-16(17)23/h3-13H,2,23H2,1H3. The van der Waals surface area contributed by atoms with Crippen LogP contribution in [0, 0.1) is 0 Å². The minimum atomic E-state index is -0.400. The molecule has 0 aliphatic heterocycles. The summed E-state index contributed by atoms with van der Waals surface area (Å²) in [6.07, 6.45) is 0. The second-order valence-electron chi connectivity index (χ2n) is 6.18. The van der Waals surface area contributed by atoms with Crippen molar-refractivity contribution in [2.24, 2.45) is 0 Å². The van der Waals surface area contributed by atoms with Gasteiger partial charge in [0.2, 0.25) is 0 Å². The number of esters is 1. The summed E-state index contributed by atoms with van der Waals surface area (Å²) in [7, 11) is 0. The first-order valence-electron chi connectivity index (χ1n) is 8.87. The van der Waals surface area contributed by atoms with Gasteiger partial charge in [-0.1, -0.05) is 42.5 Å². The van der Waals surface area contributed by atoms with Crippen molar-refractivity contribution >= 4 is 33.2 Å². The number of nitrogen functional groups attached to an aromatic ring is 1. The van der Waals surface area contributed by atoms with E-state index >= 15 is 0 Å². The molecule has 6 heteroatoms. The highest BCUT2D eigenvalue weighted by molar-refractivity contribution is 7.21. The van der Waals surface area contributed by atoms with E-state index in [0.29, 0.717) is 21.1 Å². The summed E-state index contributed by atoms with van der Waals surface area (Å²) in [4.78, 5) is 26.5. The van der Waals surface area contributed by atoms with Gasteiger partial charge in [0.15, 0.2) is 0 Å². The third kappa shape index (κ3) is 2.97. The van der Waals surface area contributed by atoms with Crippen LogP contribution in [0.3, 0.4) is 0 Å². The molecular formula is C22H18N2O3S. The highest BCUT2D eigenvalue weighted by Crippen LogP contribution is 2.39. The molecule has 0 saturated heterocycles. The van der Waals surface area contributed by atoms with Crippen molar-refractivity contribution in [2.45, 2.75) is 6.92 Å². The molecule has 2 heterocycles. The topological polar surface area (TPSA) is 74.3 Å². The summed E-state index contributed by atoms with van der Waals surface area (Å²) in [6, 6.07) is 20.1. The van der Waals surface area contributed by atoms with E-state index < -0.39 is 5.97 Å². The number of para-hydroxylation sites is 2. The molecule has 0 bridgehead atoms. The Kier molecular flexibility index (Phi) is 4.71. The molecule has 0 spiro atoms. The molecular weight excluding hydrogens is 372 g/mol. The molecule has 0 fully saturated rings. The van der Waals surface area contributed by atoms with Crippen LogP contribution in [0.4, 0.5) is 5.69 Å². The second kappa shape index (κ2) is 7.32. The summed E-state index contributed by atoms with van der Waals surface area (Å²) in [5.74, 6) is -0.400. The van der Waals surface area contributed by atoms with Crippen molar-refractivity contribution < 1.29 is 9.53 Å². The molecule has 0 radical (unpaired) electrons. The zero-order valence-corrected chi connectivity index (χ0v) is 16.0. The molecule has 2 aromatic heterocycles. The van der Waals surface area contributed by atoms with Crippen LogP contribution in [0.25, 0.3) is 27.0 Å². The number of thiophene rings is 1. The first-order chi connectivity index (χ1) is 13.6. The van der Waals surface area contributed by atoms with Crippen LogP contribution in [0.2, 0.25) is 0 Å². The Morgan fingerprint density at radius 1 is 1.04 bits per heavy atom. The van der Waals surface area contributed by atoms with Crippen LogP contribution in [0.5, 0.6) is 0 Å². The van der Waals surface area contributed by atoms with E-state index in [1.807, 2.05) is 42.5 Å². The zero-order chi connectivity index (χ0) is 19.7. The van der Waals surface area contributed by atoms with E-state index in [1.54, 1.807) is 29.7 Å². The van der Waals surface area contributed by atoms with Gasteiger partial charge in [0.1, 0.15) is 9.71 Å². The molecule has 0 aliphatic rings. The number of hydrogen-bond acceptors (Lipinski definition) is 5. The molecule has 2 N–H and O–H groups in total. The van der Waals surface area contributed by atoms with Gasteiger partial charge in [0.25, 0.3) is 5.56 Å². The number of benzene rings is 2. The molecule has 0 unspecified atom stereocenters. The quantitative estimate of drug-likeness (QED) is 0.412. The number of hydrogen-bond donors (Lipinski definition) is 1. The summed E-state index contributed by atoms with van der Waals surface area (Å²) in [6.45, 7) is 2.05. The van der Waals surface area contributed by atoms with E-state index in [0.717, 1.165) is 16.5 Å². The first kappa shape index (κ1) is 18.0. The molecule has 4 aromatic rings. The lowest BCUT2D eigenvalue weighted by atomic mass is 10.0. The predicted octanol–water partition coefficient (Wildman–Crippen LogP) is 4.48. The van der Waals surface area contributed by atoms with Crippen molar-refractivity contribution in [1.82, 2.24) is 4.57 Å². The highest BCUT2D eigenvalue weighted by Gasteiger charge is 2.23. The van der Waals surface area contributed by atoms with Crippen LogP contribution in [-0.4, -0.2) is 17.1 Å². The fourth-order valence-electron chi connectivity index (χ4n) is 3.23. The second-order valence-corrected chi connectivity index (χ2v) is 7.18. The van der Waals surface area contributed by atoms with Crippen LogP contribution in [-0.2, 0) is 4.74 Å². The lowest BCUT2D eigenvalue weighted by Crippen LogP contribution is -2.17. The van der Waals surface area contributed by atoms with Gasteiger partial charge in [0, 0.05) is 17.0 Å². The summed E-state index contributed by atoms with van der Waals surface area (Å²) in [5.41, 5.74) is 8.66. The fraction of sp³-hybridized carbons (Fsp3) is 0.0909. The number of fused-ring (bicyclic) bond motifs is 1. The number of rotatable bonds is 4. The summed E-state index contributed by atoms with van der Waals surface area (Å²) < 4.78 is 6.84. The minimum Gasteiger partial charge on any atom is -0.462 e. The van der Waals surface area contributed by atoms with Crippen molar-refractivity contribution in [3.8, 4) is 16.8 Å². The molecule has 0 aliphatic carbocycles.